The largest absolute Gasteiger partial charge is 0.311 e. The normalized spacial score (nSPS) is 23.7. The minimum absolute atomic E-state index is 0.0176. The number of benzene rings is 3. The first-order valence-electron chi connectivity index (χ1n) is 8.19. The third-order valence-electron chi connectivity index (χ3n) is 5.34. The zero-order valence-electron chi connectivity index (χ0n) is 13.3. The summed E-state index contributed by atoms with van der Waals surface area (Å²) in [5.74, 6) is -0.222. The molecule has 2 heterocycles. The van der Waals surface area contributed by atoms with Crippen molar-refractivity contribution in [2.24, 2.45) is 0 Å². The van der Waals surface area contributed by atoms with Crippen molar-refractivity contribution < 1.29 is 13.2 Å². The second-order valence-electron chi connectivity index (χ2n) is 6.49. The standard InChI is InChI=1S/C20H15NO3S/c22-19-16-9-3-4-10-18(16)20(21(19)12-13-25(20,23)24)17-11-5-7-14-6-1-2-8-15(14)17/h1-11H,12-13H2. The molecule has 3 aromatic carbocycles. The van der Waals surface area contributed by atoms with Crippen LogP contribution in [0.3, 0.4) is 0 Å². The lowest BCUT2D eigenvalue weighted by Crippen LogP contribution is -2.43. The van der Waals surface area contributed by atoms with Crippen LogP contribution in [-0.2, 0) is 14.7 Å². The number of hydrogen-bond donors (Lipinski definition) is 0. The van der Waals surface area contributed by atoms with Crippen LogP contribution in [0.1, 0.15) is 21.5 Å². The SMILES string of the molecule is O=C1c2ccccc2C2(c3cccc4ccccc34)N1CCS2(=O)=O. The smallest absolute Gasteiger partial charge is 0.256 e. The summed E-state index contributed by atoms with van der Waals surface area (Å²) in [5, 5.41) is 1.83. The summed E-state index contributed by atoms with van der Waals surface area (Å²) >= 11 is 0. The van der Waals surface area contributed by atoms with Gasteiger partial charge in [0.1, 0.15) is 0 Å². The van der Waals surface area contributed by atoms with Crippen molar-refractivity contribution in [1.29, 1.82) is 0 Å². The van der Waals surface area contributed by atoms with Crippen LogP contribution in [-0.4, -0.2) is 31.5 Å². The first-order valence-corrected chi connectivity index (χ1v) is 9.84. The molecule has 25 heavy (non-hydrogen) atoms. The molecule has 0 N–H and O–H groups in total. The number of rotatable bonds is 1. The maximum absolute atomic E-state index is 13.3. The number of sulfone groups is 1. The van der Waals surface area contributed by atoms with E-state index in [1.54, 1.807) is 24.3 Å². The van der Waals surface area contributed by atoms with Crippen LogP contribution in [0.25, 0.3) is 10.8 Å². The minimum atomic E-state index is -3.57. The molecule has 2 aliphatic rings. The fourth-order valence-corrected chi connectivity index (χ4v) is 6.59. The van der Waals surface area contributed by atoms with Crippen LogP contribution in [0.15, 0.2) is 66.7 Å². The summed E-state index contributed by atoms with van der Waals surface area (Å²) in [6.45, 7) is 0.221. The van der Waals surface area contributed by atoms with Gasteiger partial charge in [0, 0.05) is 23.2 Å². The highest BCUT2D eigenvalue weighted by molar-refractivity contribution is 7.92. The third-order valence-corrected chi connectivity index (χ3v) is 7.62. The van der Waals surface area contributed by atoms with Gasteiger partial charge in [-0.25, -0.2) is 8.42 Å². The van der Waals surface area contributed by atoms with Crippen molar-refractivity contribution in [3.63, 3.8) is 0 Å². The van der Waals surface area contributed by atoms with E-state index in [2.05, 4.69) is 0 Å². The molecule has 0 saturated carbocycles. The second-order valence-corrected chi connectivity index (χ2v) is 8.72. The number of amides is 1. The minimum Gasteiger partial charge on any atom is -0.311 e. The lowest BCUT2D eigenvalue weighted by molar-refractivity contribution is 0.0749. The van der Waals surface area contributed by atoms with E-state index >= 15 is 0 Å². The van der Waals surface area contributed by atoms with E-state index in [1.165, 1.54) is 4.90 Å². The molecule has 0 aromatic heterocycles. The molecule has 5 heteroatoms. The van der Waals surface area contributed by atoms with E-state index in [9.17, 15) is 13.2 Å². The van der Waals surface area contributed by atoms with Crippen LogP contribution in [0.4, 0.5) is 0 Å². The Hall–Kier alpha value is -2.66. The predicted octanol–water partition coefficient (Wildman–Crippen LogP) is 2.93. The van der Waals surface area contributed by atoms with E-state index in [4.69, 9.17) is 0 Å². The molecule has 1 atom stereocenters. The van der Waals surface area contributed by atoms with Gasteiger partial charge in [-0.15, -0.1) is 0 Å². The van der Waals surface area contributed by atoms with Crippen molar-refractivity contribution in [2.45, 2.75) is 4.87 Å². The third kappa shape index (κ3) is 1.61. The average Bonchev–Trinajstić information content (AvgIpc) is 3.06. The lowest BCUT2D eigenvalue weighted by Gasteiger charge is -2.33. The lowest BCUT2D eigenvalue weighted by atomic mass is 9.92. The molecule has 1 saturated heterocycles. The molecule has 3 aromatic rings. The molecular formula is C20H15NO3S. The summed E-state index contributed by atoms with van der Waals surface area (Å²) in [6.07, 6.45) is 0. The Bertz CT molecular complexity index is 1150. The quantitative estimate of drug-likeness (QED) is 0.679. The summed E-state index contributed by atoms with van der Waals surface area (Å²) in [6, 6.07) is 20.5. The molecular weight excluding hydrogens is 334 g/mol. The Morgan fingerprint density at radius 3 is 2.40 bits per heavy atom. The Labute approximate surface area is 145 Å². The first-order chi connectivity index (χ1) is 12.1. The molecule has 4 nitrogen and oxygen atoms in total. The van der Waals surface area contributed by atoms with Crippen molar-refractivity contribution in [3.8, 4) is 0 Å². The van der Waals surface area contributed by atoms with Gasteiger partial charge in [-0.1, -0.05) is 60.7 Å². The monoisotopic (exact) mass is 349 g/mol. The Kier molecular flexibility index (Phi) is 2.76. The molecule has 5 rings (SSSR count). The molecule has 1 amide bonds. The Morgan fingerprint density at radius 1 is 0.840 bits per heavy atom. The van der Waals surface area contributed by atoms with Gasteiger partial charge in [-0.2, -0.15) is 0 Å². The Morgan fingerprint density at radius 2 is 1.52 bits per heavy atom. The number of nitrogens with zero attached hydrogens (tertiary/aromatic N) is 1. The highest BCUT2D eigenvalue weighted by Gasteiger charge is 2.63. The van der Waals surface area contributed by atoms with Crippen LogP contribution in [0, 0.1) is 0 Å². The number of carbonyl (C=O) groups is 1. The van der Waals surface area contributed by atoms with Crippen molar-refractivity contribution >= 4 is 26.5 Å². The van der Waals surface area contributed by atoms with Gasteiger partial charge < -0.3 is 4.90 Å². The average molecular weight is 349 g/mol. The van der Waals surface area contributed by atoms with E-state index in [0.29, 0.717) is 16.7 Å². The van der Waals surface area contributed by atoms with Crippen LogP contribution in [0.2, 0.25) is 0 Å². The highest BCUT2D eigenvalue weighted by Crippen LogP contribution is 2.52. The van der Waals surface area contributed by atoms with Gasteiger partial charge in [0.2, 0.25) is 0 Å². The highest BCUT2D eigenvalue weighted by atomic mass is 32.2. The van der Waals surface area contributed by atoms with Crippen molar-refractivity contribution in [3.05, 3.63) is 83.4 Å². The number of hydrogen-bond acceptors (Lipinski definition) is 3. The van der Waals surface area contributed by atoms with Crippen LogP contribution < -0.4 is 0 Å². The fourth-order valence-electron chi connectivity index (χ4n) is 4.33. The number of fused-ring (bicyclic) bond motifs is 4. The van der Waals surface area contributed by atoms with E-state index in [1.807, 2.05) is 42.5 Å². The molecule has 1 unspecified atom stereocenters. The molecule has 0 spiro atoms. The summed E-state index contributed by atoms with van der Waals surface area (Å²) in [5.41, 5.74) is 1.73. The summed E-state index contributed by atoms with van der Waals surface area (Å²) in [7, 11) is -3.57. The zero-order valence-corrected chi connectivity index (χ0v) is 14.2. The Balaban J connectivity index is 1.99. The molecule has 124 valence electrons. The molecule has 2 aliphatic heterocycles. The van der Waals surface area contributed by atoms with Gasteiger partial charge in [-0.3, -0.25) is 4.79 Å². The maximum Gasteiger partial charge on any atom is 0.256 e. The van der Waals surface area contributed by atoms with Crippen molar-refractivity contribution in [1.82, 2.24) is 4.90 Å². The van der Waals surface area contributed by atoms with Gasteiger partial charge in [0.05, 0.1) is 5.75 Å². The van der Waals surface area contributed by atoms with Gasteiger partial charge in [-0.05, 0) is 16.8 Å². The van der Waals surface area contributed by atoms with Crippen LogP contribution in [0.5, 0.6) is 0 Å². The van der Waals surface area contributed by atoms with E-state index in [-0.39, 0.29) is 18.2 Å². The maximum atomic E-state index is 13.3. The summed E-state index contributed by atoms with van der Waals surface area (Å²) in [4.78, 5) is 13.1. The number of carbonyl (C=O) groups excluding carboxylic acids is 1. The van der Waals surface area contributed by atoms with Gasteiger partial charge >= 0.3 is 0 Å². The zero-order chi connectivity index (χ0) is 17.2. The second kappa shape index (κ2) is 4.70. The topological polar surface area (TPSA) is 54.5 Å². The van der Waals surface area contributed by atoms with Gasteiger partial charge in [0.25, 0.3) is 5.91 Å². The first kappa shape index (κ1) is 14.7. The molecule has 0 aliphatic carbocycles. The summed E-state index contributed by atoms with van der Waals surface area (Å²) < 4.78 is 26.6. The molecule has 0 bridgehead atoms. The van der Waals surface area contributed by atoms with E-state index in [0.717, 1.165) is 10.8 Å². The fraction of sp³-hybridized carbons (Fsp3) is 0.150. The molecule has 1 fully saturated rings. The molecule has 0 radical (unpaired) electrons. The van der Waals surface area contributed by atoms with Crippen molar-refractivity contribution in [2.75, 3.05) is 12.3 Å². The van der Waals surface area contributed by atoms with Gasteiger partial charge in [0.15, 0.2) is 14.7 Å². The predicted molar refractivity (Wildman–Crippen MR) is 96.0 cm³/mol. The van der Waals surface area contributed by atoms with E-state index < -0.39 is 14.7 Å². The van der Waals surface area contributed by atoms with Crippen LogP contribution >= 0.6 is 0 Å².